The first-order valence-electron chi connectivity index (χ1n) is 4.31. The highest BCUT2D eigenvalue weighted by atomic mass is 15.2. The molecule has 1 aromatic rings. The van der Waals surface area contributed by atoms with E-state index in [1.54, 1.807) is 6.20 Å². The van der Waals surface area contributed by atoms with E-state index >= 15 is 0 Å². The highest BCUT2D eigenvalue weighted by molar-refractivity contribution is 5.38. The van der Waals surface area contributed by atoms with E-state index in [2.05, 4.69) is 22.4 Å². The van der Waals surface area contributed by atoms with E-state index in [9.17, 15) is 0 Å². The van der Waals surface area contributed by atoms with Gasteiger partial charge in [-0.05, 0) is 30.9 Å². The predicted octanol–water partition coefficient (Wildman–Crippen LogP) is 1.61. The largest absolute Gasteiger partial charge is 0.366 e. The molecule has 2 atom stereocenters. The quantitative estimate of drug-likeness (QED) is 0.719. The molecule has 0 saturated heterocycles. The molecule has 0 spiro atoms. The molecule has 0 radical (unpaired) electrons. The molecule has 2 rings (SSSR count). The first-order valence-corrected chi connectivity index (χ1v) is 4.31. The molecular weight excluding hydrogens is 150 g/mol. The second kappa shape index (κ2) is 2.73. The van der Waals surface area contributed by atoms with Crippen molar-refractivity contribution in [1.82, 2.24) is 10.2 Å². The Kier molecular flexibility index (Phi) is 1.71. The van der Waals surface area contributed by atoms with Crippen LogP contribution >= 0.6 is 0 Å². The van der Waals surface area contributed by atoms with Gasteiger partial charge in [0.05, 0.1) is 6.20 Å². The number of hydrogen-bond acceptors (Lipinski definition) is 3. The molecule has 1 saturated carbocycles. The molecule has 1 aliphatic carbocycles. The van der Waals surface area contributed by atoms with Crippen LogP contribution in [0.1, 0.15) is 18.9 Å². The van der Waals surface area contributed by atoms with Crippen LogP contribution in [0, 0.1) is 12.8 Å². The van der Waals surface area contributed by atoms with Crippen LogP contribution in [-0.2, 0) is 0 Å². The summed E-state index contributed by atoms with van der Waals surface area (Å²) >= 11 is 0. The minimum absolute atomic E-state index is 0.626. The summed E-state index contributed by atoms with van der Waals surface area (Å²) < 4.78 is 0. The summed E-state index contributed by atoms with van der Waals surface area (Å²) in [7, 11) is 0. The standard InChI is InChI=1S/C9H13N3/c1-6-3-9(12-10-5-6)11-8-4-7(8)2/h3,5,7-8H,4H2,1-2H3,(H,11,12). The fourth-order valence-corrected chi connectivity index (χ4v) is 1.25. The zero-order valence-electron chi connectivity index (χ0n) is 7.41. The highest BCUT2D eigenvalue weighted by Crippen LogP contribution is 2.31. The van der Waals surface area contributed by atoms with E-state index in [4.69, 9.17) is 0 Å². The molecule has 2 unspecified atom stereocenters. The van der Waals surface area contributed by atoms with Crippen molar-refractivity contribution >= 4 is 5.82 Å². The molecule has 3 heteroatoms. The zero-order chi connectivity index (χ0) is 8.55. The summed E-state index contributed by atoms with van der Waals surface area (Å²) in [5, 5.41) is 11.2. The third kappa shape index (κ3) is 1.55. The van der Waals surface area contributed by atoms with Gasteiger partial charge >= 0.3 is 0 Å². The molecule has 1 N–H and O–H groups in total. The first kappa shape index (κ1) is 7.53. The molecule has 1 aliphatic rings. The van der Waals surface area contributed by atoms with Crippen molar-refractivity contribution in [2.24, 2.45) is 5.92 Å². The van der Waals surface area contributed by atoms with Gasteiger partial charge in [-0.2, -0.15) is 5.10 Å². The molecule has 0 bridgehead atoms. The van der Waals surface area contributed by atoms with Crippen LogP contribution in [0.4, 0.5) is 5.82 Å². The zero-order valence-corrected chi connectivity index (χ0v) is 7.41. The summed E-state index contributed by atoms with van der Waals surface area (Å²) in [6, 6.07) is 2.65. The Labute approximate surface area is 72.2 Å². The SMILES string of the molecule is Cc1cnnc(NC2CC2C)c1. The Morgan fingerprint density at radius 2 is 2.33 bits per heavy atom. The van der Waals surface area contributed by atoms with Crippen molar-refractivity contribution < 1.29 is 0 Å². The van der Waals surface area contributed by atoms with E-state index < -0.39 is 0 Å². The summed E-state index contributed by atoms with van der Waals surface area (Å²) in [4.78, 5) is 0. The van der Waals surface area contributed by atoms with Gasteiger partial charge in [0.25, 0.3) is 0 Å². The lowest BCUT2D eigenvalue weighted by molar-refractivity contribution is 0.909. The normalized spacial score (nSPS) is 26.8. The molecule has 1 heterocycles. The summed E-state index contributed by atoms with van der Waals surface area (Å²) in [5.41, 5.74) is 1.15. The van der Waals surface area contributed by atoms with Gasteiger partial charge in [0.15, 0.2) is 0 Å². The van der Waals surface area contributed by atoms with Crippen LogP contribution in [0.2, 0.25) is 0 Å². The fraction of sp³-hybridized carbons (Fsp3) is 0.556. The number of aryl methyl sites for hydroxylation is 1. The van der Waals surface area contributed by atoms with Crippen molar-refractivity contribution in [2.75, 3.05) is 5.32 Å². The second-order valence-corrected chi connectivity index (χ2v) is 3.58. The van der Waals surface area contributed by atoms with Crippen LogP contribution in [0.15, 0.2) is 12.3 Å². The fourth-order valence-electron chi connectivity index (χ4n) is 1.25. The van der Waals surface area contributed by atoms with E-state index in [0.29, 0.717) is 6.04 Å². The second-order valence-electron chi connectivity index (χ2n) is 3.58. The number of hydrogen-bond donors (Lipinski definition) is 1. The number of nitrogens with one attached hydrogen (secondary N) is 1. The number of nitrogens with zero attached hydrogens (tertiary/aromatic N) is 2. The van der Waals surface area contributed by atoms with Crippen molar-refractivity contribution in [2.45, 2.75) is 26.3 Å². The van der Waals surface area contributed by atoms with Crippen molar-refractivity contribution in [3.8, 4) is 0 Å². The number of rotatable bonds is 2. The molecule has 3 nitrogen and oxygen atoms in total. The molecular formula is C9H13N3. The van der Waals surface area contributed by atoms with Crippen LogP contribution < -0.4 is 5.32 Å². The Balaban J connectivity index is 2.03. The highest BCUT2D eigenvalue weighted by Gasteiger charge is 2.32. The molecule has 1 fully saturated rings. The van der Waals surface area contributed by atoms with Crippen molar-refractivity contribution in [3.05, 3.63) is 17.8 Å². The first-order chi connectivity index (χ1) is 5.75. The van der Waals surface area contributed by atoms with Crippen LogP contribution in [0.3, 0.4) is 0 Å². The van der Waals surface area contributed by atoms with Crippen molar-refractivity contribution in [1.29, 1.82) is 0 Å². The molecule has 0 aromatic carbocycles. The van der Waals surface area contributed by atoms with Crippen LogP contribution in [-0.4, -0.2) is 16.2 Å². The van der Waals surface area contributed by atoms with Gasteiger partial charge in [-0.25, -0.2) is 0 Å². The lowest BCUT2D eigenvalue weighted by Gasteiger charge is -2.02. The number of anilines is 1. The van der Waals surface area contributed by atoms with Gasteiger partial charge in [-0.15, -0.1) is 5.10 Å². The van der Waals surface area contributed by atoms with Gasteiger partial charge in [0.1, 0.15) is 5.82 Å². The average molecular weight is 163 g/mol. The maximum Gasteiger partial charge on any atom is 0.149 e. The smallest absolute Gasteiger partial charge is 0.149 e. The van der Waals surface area contributed by atoms with Crippen LogP contribution in [0.5, 0.6) is 0 Å². The van der Waals surface area contributed by atoms with Gasteiger partial charge < -0.3 is 5.32 Å². The van der Waals surface area contributed by atoms with E-state index in [0.717, 1.165) is 17.3 Å². The molecule has 1 aromatic heterocycles. The third-order valence-electron chi connectivity index (χ3n) is 2.23. The molecule has 64 valence electrons. The molecule has 12 heavy (non-hydrogen) atoms. The third-order valence-corrected chi connectivity index (χ3v) is 2.23. The molecule has 0 amide bonds. The van der Waals surface area contributed by atoms with Gasteiger partial charge in [-0.1, -0.05) is 6.92 Å². The lowest BCUT2D eigenvalue weighted by Crippen LogP contribution is -2.05. The maximum absolute atomic E-state index is 3.99. The van der Waals surface area contributed by atoms with Gasteiger partial charge in [0, 0.05) is 6.04 Å². The summed E-state index contributed by atoms with van der Waals surface area (Å²) in [5.74, 6) is 1.71. The predicted molar refractivity (Wildman–Crippen MR) is 48.0 cm³/mol. The van der Waals surface area contributed by atoms with E-state index in [-0.39, 0.29) is 0 Å². The minimum atomic E-state index is 0.626. The lowest BCUT2D eigenvalue weighted by atomic mass is 10.3. The van der Waals surface area contributed by atoms with Gasteiger partial charge in [0.2, 0.25) is 0 Å². The van der Waals surface area contributed by atoms with E-state index in [1.807, 2.05) is 13.0 Å². The van der Waals surface area contributed by atoms with Crippen molar-refractivity contribution in [3.63, 3.8) is 0 Å². The summed E-state index contributed by atoms with van der Waals surface area (Å²) in [6.07, 6.45) is 3.02. The van der Waals surface area contributed by atoms with E-state index in [1.165, 1.54) is 6.42 Å². The number of aromatic nitrogens is 2. The van der Waals surface area contributed by atoms with Crippen LogP contribution in [0.25, 0.3) is 0 Å². The Hall–Kier alpha value is -1.12. The Morgan fingerprint density at radius 1 is 1.58 bits per heavy atom. The molecule has 0 aliphatic heterocycles. The average Bonchev–Trinajstić information content (AvgIpc) is 2.66. The minimum Gasteiger partial charge on any atom is -0.366 e. The monoisotopic (exact) mass is 163 g/mol. The topological polar surface area (TPSA) is 37.8 Å². The summed E-state index contributed by atoms with van der Waals surface area (Å²) in [6.45, 7) is 4.26. The Morgan fingerprint density at radius 3 is 2.92 bits per heavy atom. The Bertz CT molecular complexity index is 285. The maximum atomic E-state index is 3.99. The van der Waals surface area contributed by atoms with Gasteiger partial charge in [-0.3, -0.25) is 0 Å².